The van der Waals surface area contributed by atoms with Crippen molar-refractivity contribution in [2.24, 2.45) is 5.92 Å². The van der Waals surface area contributed by atoms with E-state index in [0.29, 0.717) is 49.9 Å². The number of ether oxygens (including phenoxy) is 1. The molecule has 3 rings (SSSR count). The summed E-state index contributed by atoms with van der Waals surface area (Å²) in [5.74, 6) is 1.20. The van der Waals surface area contributed by atoms with Crippen molar-refractivity contribution in [3.05, 3.63) is 36.1 Å². The van der Waals surface area contributed by atoms with Crippen molar-refractivity contribution in [2.45, 2.75) is 31.6 Å². The second-order valence-corrected chi connectivity index (χ2v) is 8.33. The molecule has 0 spiro atoms. The molecule has 1 aromatic carbocycles. The van der Waals surface area contributed by atoms with Gasteiger partial charge in [0, 0.05) is 25.1 Å². The third-order valence-corrected chi connectivity index (χ3v) is 6.39. The summed E-state index contributed by atoms with van der Waals surface area (Å²) in [6.45, 7) is 4.73. The van der Waals surface area contributed by atoms with Crippen molar-refractivity contribution < 1.29 is 22.5 Å². The Morgan fingerprint density at radius 2 is 1.96 bits per heavy atom. The predicted octanol–water partition coefficient (Wildman–Crippen LogP) is 2.42. The molecule has 0 aliphatic carbocycles. The highest BCUT2D eigenvalue weighted by Gasteiger charge is 2.32. The second kappa shape index (κ2) is 8.10. The van der Waals surface area contributed by atoms with Gasteiger partial charge in [0.1, 0.15) is 11.5 Å². The lowest BCUT2D eigenvalue weighted by molar-refractivity contribution is -0.120. The van der Waals surface area contributed by atoms with Crippen LogP contribution in [0.5, 0.6) is 5.75 Å². The maximum absolute atomic E-state index is 12.8. The number of sulfonamides is 1. The Labute approximate surface area is 158 Å². The third kappa shape index (κ3) is 4.48. The smallest absolute Gasteiger partial charge is 0.243 e. The summed E-state index contributed by atoms with van der Waals surface area (Å²) in [5.41, 5.74) is 0. The van der Waals surface area contributed by atoms with Crippen LogP contribution in [0, 0.1) is 12.8 Å². The fourth-order valence-corrected chi connectivity index (χ4v) is 4.51. The van der Waals surface area contributed by atoms with Crippen LogP contribution in [0.25, 0.3) is 0 Å². The molecule has 1 amide bonds. The SMILES string of the molecule is CCOc1ccc(S(=O)(=O)N2CCC(C(=O)Nc3cc(C)on3)CC2)cc1. The van der Waals surface area contributed by atoms with Crippen molar-refractivity contribution >= 4 is 21.7 Å². The molecule has 146 valence electrons. The maximum Gasteiger partial charge on any atom is 0.243 e. The van der Waals surface area contributed by atoms with Crippen LogP contribution in [0.1, 0.15) is 25.5 Å². The Balaban J connectivity index is 1.59. The van der Waals surface area contributed by atoms with Gasteiger partial charge in [-0.05, 0) is 51.0 Å². The van der Waals surface area contributed by atoms with Crippen LogP contribution in [0.4, 0.5) is 5.82 Å². The molecule has 8 nitrogen and oxygen atoms in total. The molecule has 0 bridgehead atoms. The number of benzene rings is 1. The summed E-state index contributed by atoms with van der Waals surface area (Å²) < 4.78 is 37.3. The van der Waals surface area contributed by atoms with E-state index in [-0.39, 0.29) is 16.7 Å². The molecule has 1 aromatic heterocycles. The first kappa shape index (κ1) is 19.4. The van der Waals surface area contributed by atoms with Gasteiger partial charge in [-0.2, -0.15) is 4.31 Å². The second-order valence-electron chi connectivity index (χ2n) is 6.39. The molecule has 0 atom stereocenters. The largest absolute Gasteiger partial charge is 0.494 e. The lowest BCUT2D eigenvalue weighted by atomic mass is 9.97. The van der Waals surface area contributed by atoms with E-state index in [4.69, 9.17) is 9.26 Å². The Morgan fingerprint density at radius 1 is 1.30 bits per heavy atom. The predicted molar refractivity (Wildman–Crippen MR) is 99.0 cm³/mol. The number of anilines is 1. The number of amides is 1. The quantitative estimate of drug-likeness (QED) is 0.809. The molecule has 0 saturated carbocycles. The van der Waals surface area contributed by atoms with E-state index in [1.807, 2.05) is 6.92 Å². The number of piperidine rings is 1. The lowest BCUT2D eigenvalue weighted by Crippen LogP contribution is -2.41. The lowest BCUT2D eigenvalue weighted by Gasteiger charge is -2.30. The minimum Gasteiger partial charge on any atom is -0.494 e. The maximum atomic E-state index is 12.8. The fourth-order valence-electron chi connectivity index (χ4n) is 3.04. The molecular formula is C18H23N3O5S. The zero-order valence-corrected chi connectivity index (χ0v) is 16.2. The van der Waals surface area contributed by atoms with Gasteiger partial charge >= 0.3 is 0 Å². The van der Waals surface area contributed by atoms with Crippen molar-refractivity contribution in [3.8, 4) is 5.75 Å². The molecule has 0 radical (unpaired) electrons. The summed E-state index contributed by atoms with van der Waals surface area (Å²) in [5, 5.41) is 6.45. The molecule has 1 N–H and O–H groups in total. The van der Waals surface area contributed by atoms with E-state index < -0.39 is 10.0 Å². The Morgan fingerprint density at radius 3 is 2.52 bits per heavy atom. The third-order valence-electron chi connectivity index (χ3n) is 4.48. The number of carbonyl (C=O) groups excluding carboxylic acids is 1. The molecule has 9 heteroatoms. The minimum absolute atomic E-state index is 0.165. The minimum atomic E-state index is -3.58. The Bertz CT molecular complexity index is 884. The van der Waals surface area contributed by atoms with Crippen LogP contribution in [0.15, 0.2) is 39.8 Å². The van der Waals surface area contributed by atoms with E-state index in [1.54, 1.807) is 37.3 Å². The molecule has 0 unspecified atom stereocenters. The number of hydrogen-bond donors (Lipinski definition) is 1. The molecule has 27 heavy (non-hydrogen) atoms. The van der Waals surface area contributed by atoms with E-state index in [9.17, 15) is 13.2 Å². The van der Waals surface area contributed by atoms with Crippen molar-refractivity contribution in [2.75, 3.05) is 25.0 Å². The first-order valence-corrected chi connectivity index (χ1v) is 10.3. The number of hydrogen-bond acceptors (Lipinski definition) is 6. The summed E-state index contributed by atoms with van der Waals surface area (Å²) in [4.78, 5) is 12.6. The number of aryl methyl sites for hydroxylation is 1. The topological polar surface area (TPSA) is 102 Å². The Hall–Kier alpha value is -2.39. The van der Waals surface area contributed by atoms with Gasteiger partial charge in [-0.3, -0.25) is 4.79 Å². The molecular weight excluding hydrogens is 370 g/mol. The van der Waals surface area contributed by atoms with E-state index in [0.717, 1.165) is 0 Å². The molecule has 1 aliphatic heterocycles. The average molecular weight is 393 g/mol. The van der Waals surface area contributed by atoms with Crippen LogP contribution in [-0.4, -0.2) is 43.5 Å². The summed E-state index contributed by atoms with van der Waals surface area (Å²) >= 11 is 0. The monoisotopic (exact) mass is 393 g/mol. The first-order valence-electron chi connectivity index (χ1n) is 8.87. The van der Waals surface area contributed by atoms with Gasteiger partial charge in [0.2, 0.25) is 15.9 Å². The number of aromatic nitrogens is 1. The van der Waals surface area contributed by atoms with Crippen LogP contribution in [-0.2, 0) is 14.8 Å². The average Bonchev–Trinajstić information content (AvgIpc) is 3.07. The highest BCUT2D eigenvalue weighted by atomic mass is 32.2. The fraction of sp³-hybridized carbons (Fsp3) is 0.444. The van der Waals surface area contributed by atoms with E-state index in [1.165, 1.54) is 4.31 Å². The van der Waals surface area contributed by atoms with Gasteiger partial charge in [-0.1, -0.05) is 5.16 Å². The van der Waals surface area contributed by atoms with Gasteiger partial charge in [0.15, 0.2) is 5.82 Å². The van der Waals surface area contributed by atoms with Crippen molar-refractivity contribution in [1.29, 1.82) is 0 Å². The summed E-state index contributed by atoms with van der Waals surface area (Å²) in [6.07, 6.45) is 0.915. The number of carbonyl (C=O) groups is 1. The van der Waals surface area contributed by atoms with Crippen LogP contribution in [0.3, 0.4) is 0 Å². The van der Waals surface area contributed by atoms with Crippen LogP contribution < -0.4 is 10.1 Å². The van der Waals surface area contributed by atoms with Crippen molar-refractivity contribution in [3.63, 3.8) is 0 Å². The summed E-state index contributed by atoms with van der Waals surface area (Å²) in [7, 11) is -3.58. The molecule has 2 aromatic rings. The number of rotatable bonds is 6. The van der Waals surface area contributed by atoms with Gasteiger partial charge in [-0.15, -0.1) is 0 Å². The zero-order chi connectivity index (χ0) is 19.4. The van der Waals surface area contributed by atoms with Gasteiger partial charge < -0.3 is 14.6 Å². The highest BCUT2D eigenvalue weighted by Crippen LogP contribution is 2.26. The highest BCUT2D eigenvalue weighted by molar-refractivity contribution is 7.89. The normalized spacial score (nSPS) is 16.2. The molecule has 1 fully saturated rings. The van der Waals surface area contributed by atoms with Crippen molar-refractivity contribution in [1.82, 2.24) is 9.46 Å². The first-order chi connectivity index (χ1) is 12.9. The van der Waals surface area contributed by atoms with Gasteiger partial charge in [-0.25, -0.2) is 8.42 Å². The molecule has 1 aliphatic rings. The molecule has 1 saturated heterocycles. The van der Waals surface area contributed by atoms with E-state index >= 15 is 0 Å². The van der Waals surface area contributed by atoms with E-state index in [2.05, 4.69) is 10.5 Å². The van der Waals surface area contributed by atoms with Gasteiger partial charge in [0.25, 0.3) is 0 Å². The van der Waals surface area contributed by atoms with Gasteiger partial charge in [0.05, 0.1) is 11.5 Å². The Kier molecular flexibility index (Phi) is 5.81. The standard InChI is InChI=1S/C18H23N3O5S/c1-3-25-15-4-6-16(7-5-15)27(23,24)21-10-8-14(9-11-21)18(22)19-17-12-13(2)26-20-17/h4-7,12,14H,3,8-11H2,1-2H3,(H,19,20,22). The number of nitrogens with one attached hydrogen (secondary N) is 1. The van der Waals surface area contributed by atoms with Crippen LogP contribution >= 0.6 is 0 Å². The summed E-state index contributed by atoms with van der Waals surface area (Å²) in [6, 6.07) is 8.04. The molecule has 2 heterocycles. The van der Waals surface area contributed by atoms with Crippen LogP contribution in [0.2, 0.25) is 0 Å². The zero-order valence-electron chi connectivity index (χ0n) is 15.3. The number of nitrogens with zero attached hydrogens (tertiary/aromatic N) is 2.